The molecule has 0 aliphatic carbocycles. The second kappa shape index (κ2) is 9.02. The highest BCUT2D eigenvalue weighted by Gasteiger charge is 2.44. The summed E-state index contributed by atoms with van der Waals surface area (Å²) in [7, 11) is 0. The Morgan fingerprint density at radius 1 is 1.11 bits per heavy atom. The monoisotopic (exact) mass is 523 g/mol. The minimum Gasteiger partial charge on any atom is -0.347 e. The molecule has 190 valence electrons. The van der Waals surface area contributed by atoms with Crippen LogP contribution in [0.4, 0.5) is 11.5 Å². The van der Waals surface area contributed by atoms with E-state index in [1.54, 1.807) is 29.2 Å². The number of nitrogens with zero attached hydrogens (tertiary/aromatic N) is 5. The number of piperidine rings is 1. The molecule has 2 aromatic heterocycles. The van der Waals surface area contributed by atoms with Gasteiger partial charge in [0.1, 0.15) is 11.0 Å². The summed E-state index contributed by atoms with van der Waals surface area (Å²) in [5.41, 5.74) is 0.920. The standard InChI is InChI=1S/C25H22ClN5O6/c26-20-5-1-15-2-6-21(28-23(15)27-20)30-19(18-13-16(31(34)35)3-4-17(18)24(30)33)14-22(32)29-9-7-25(8-10-29)36-11-12-37-25/h1-6,13,19H,7-12,14H2. The van der Waals surface area contributed by atoms with Gasteiger partial charge in [-0.3, -0.25) is 24.6 Å². The van der Waals surface area contributed by atoms with E-state index in [2.05, 4.69) is 9.97 Å². The highest BCUT2D eigenvalue weighted by Crippen LogP contribution is 2.41. The molecule has 12 heteroatoms. The number of nitro groups is 1. The third-order valence-electron chi connectivity index (χ3n) is 7.18. The highest BCUT2D eigenvalue weighted by atomic mass is 35.5. The molecular weight excluding hydrogens is 502 g/mol. The average Bonchev–Trinajstić information content (AvgIpc) is 3.46. The Bertz CT molecular complexity index is 1430. The van der Waals surface area contributed by atoms with Crippen molar-refractivity contribution >= 4 is 46.0 Å². The van der Waals surface area contributed by atoms with Gasteiger partial charge in [0.25, 0.3) is 11.6 Å². The Kier molecular flexibility index (Phi) is 5.78. The Morgan fingerprint density at radius 3 is 2.57 bits per heavy atom. The number of non-ortho nitro benzene ring substituents is 1. The van der Waals surface area contributed by atoms with E-state index < -0.39 is 16.8 Å². The fraction of sp³-hybridized carbons (Fsp3) is 0.360. The largest absolute Gasteiger partial charge is 0.347 e. The van der Waals surface area contributed by atoms with Gasteiger partial charge in [-0.05, 0) is 35.9 Å². The maximum Gasteiger partial charge on any atom is 0.269 e. The van der Waals surface area contributed by atoms with Crippen molar-refractivity contribution in [3.63, 3.8) is 0 Å². The first-order chi connectivity index (χ1) is 17.8. The van der Waals surface area contributed by atoms with Gasteiger partial charge in [0.15, 0.2) is 11.4 Å². The van der Waals surface area contributed by atoms with Crippen LogP contribution in [-0.2, 0) is 14.3 Å². The van der Waals surface area contributed by atoms with Gasteiger partial charge in [-0.1, -0.05) is 11.6 Å². The van der Waals surface area contributed by atoms with Gasteiger partial charge in [0.05, 0.1) is 30.6 Å². The van der Waals surface area contributed by atoms with Gasteiger partial charge in [0.2, 0.25) is 5.91 Å². The second-order valence-corrected chi connectivity index (χ2v) is 9.65. The molecule has 11 nitrogen and oxygen atoms in total. The van der Waals surface area contributed by atoms with Crippen molar-refractivity contribution in [2.45, 2.75) is 31.1 Å². The number of carbonyl (C=O) groups is 2. The molecule has 3 aromatic rings. The number of ether oxygens (including phenoxy) is 2. The predicted molar refractivity (Wildman–Crippen MR) is 132 cm³/mol. The third-order valence-corrected chi connectivity index (χ3v) is 7.39. The molecule has 5 heterocycles. The van der Waals surface area contributed by atoms with Gasteiger partial charge >= 0.3 is 0 Å². The van der Waals surface area contributed by atoms with Crippen LogP contribution < -0.4 is 4.90 Å². The van der Waals surface area contributed by atoms with Crippen molar-refractivity contribution in [3.8, 4) is 0 Å². The topological polar surface area (TPSA) is 128 Å². The van der Waals surface area contributed by atoms with Crippen LogP contribution in [0.3, 0.4) is 0 Å². The normalized spacial score (nSPS) is 20.6. The van der Waals surface area contributed by atoms with Crippen LogP contribution in [-0.4, -0.2) is 63.7 Å². The number of amides is 2. The van der Waals surface area contributed by atoms with Crippen molar-refractivity contribution in [3.05, 3.63) is 68.9 Å². The zero-order chi connectivity index (χ0) is 25.7. The lowest BCUT2D eigenvalue weighted by Gasteiger charge is -2.38. The molecule has 3 aliphatic heterocycles. The highest BCUT2D eigenvalue weighted by molar-refractivity contribution is 6.29. The van der Waals surface area contributed by atoms with Crippen LogP contribution in [0, 0.1) is 10.1 Å². The second-order valence-electron chi connectivity index (χ2n) is 9.26. The van der Waals surface area contributed by atoms with Crippen molar-refractivity contribution in [1.82, 2.24) is 14.9 Å². The summed E-state index contributed by atoms with van der Waals surface area (Å²) in [5.74, 6) is -0.893. The van der Waals surface area contributed by atoms with Gasteiger partial charge in [0, 0.05) is 49.0 Å². The van der Waals surface area contributed by atoms with Crippen LogP contribution in [0.15, 0.2) is 42.5 Å². The molecule has 2 amide bonds. The summed E-state index contributed by atoms with van der Waals surface area (Å²) < 4.78 is 11.5. The van der Waals surface area contributed by atoms with Crippen LogP contribution >= 0.6 is 11.6 Å². The number of aromatic nitrogens is 2. The van der Waals surface area contributed by atoms with Crippen molar-refractivity contribution in [1.29, 1.82) is 0 Å². The molecule has 0 N–H and O–H groups in total. The van der Waals surface area contributed by atoms with E-state index >= 15 is 0 Å². The number of halogens is 1. The fourth-order valence-corrected chi connectivity index (χ4v) is 5.43. The number of fused-ring (bicyclic) bond motifs is 2. The number of benzene rings is 1. The molecule has 0 saturated carbocycles. The molecule has 2 fully saturated rings. The molecule has 6 rings (SSSR count). The Labute approximate surface area is 216 Å². The van der Waals surface area contributed by atoms with Crippen LogP contribution in [0.5, 0.6) is 0 Å². The number of carbonyl (C=O) groups excluding carboxylic acids is 2. The number of pyridine rings is 2. The number of hydrogen-bond donors (Lipinski definition) is 0. The zero-order valence-electron chi connectivity index (χ0n) is 19.6. The molecule has 1 spiro atoms. The molecule has 2 saturated heterocycles. The van der Waals surface area contributed by atoms with E-state index in [1.807, 2.05) is 0 Å². The van der Waals surface area contributed by atoms with Crippen molar-refractivity contribution in [2.75, 3.05) is 31.2 Å². The first-order valence-electron chi connectivity index (χ1n) is 11.9. The van der Waals surface area contributed by atoms with Crippen LogP contribution in [0.1, 0.15) is 41.2 Å². The first kappa shape index (κ1) is 23.7. The summed E-state index contributed by atoms with van der Waals surface area (Å²) in [6, 6.07) is 10.2. The number of anilines is 1. The summed E-state index contributed by atoms with van der Waals surface area (Å²) in [5, 5.41) is 12.5. The lowest BCUT2D eigenvalue weighted by molar-refractivity contribution is -0.384. The van der Waals surface area contributed by atoms with Gasteiger partial charge in [-0.2, -0.15) is 0 Å². The maximum absolute atomic E-state index is 13.5. The number of likely N-dealkylation sites (tertiary alicyclic amines) is 1. The summed E-state index contributed by atoms with van der Waals surface area (Å²) in [6.07, 6.45) is 1.07. The molecule has 0 radical (unpaired) electrons. The Morgan fingerprint density at radius 2 is 1.84 bits per heavy atom. The van der Waals surface area contributed by atoms with Crippen molar-refractivity contribution < 1.29 is 24.0 Å². The molecule has 37 heavy (non-hydrogen) atoms. The molecule has 3 aliphatic rings. The van der Waals surface area contributed by atoms with Crippen LogP contribution in [0.2, 0.25) is 5.15 Å². The Hall–Kier alpha value is -3.67. The summed E-state index contributed by atoms with van der Waals surface area (Å²) in [4.78, 5) is 49.9. The van der Waals surface area contributed by atoms with Gasteiger partial charge in [-0.25, -0.2) is 9.97 Å². The van der Waals surface area contributed by atoms with Crippen LogP contribution in [0.25, 0.3) is 11.0 Å². The lowest BCUT2D eigenvalue weighted by atomic mass is 9.99. The van der Waals surface area contributed by atoms with E-state index in [4.69, 9.17) is 21.1 Å². The molecule has 1 atom stereocenters. The summed E-state index contributed by atoms with van der Waals surface area (Å²) >= 11 is 6.04. The minimum atomic E-state index is -0.770. The van der Waals surface area contributed by atoms with E-state index in [0.717, 1.165) is 5.39 Å². The molecule has 0 bridgehead atoms. The lowest BCUT2D eigenvalue weighted by Crippen LogP contribution is -2.48. The maximum atomic E-state index is 13.5. The third kappa shape index (κ3) is 4.18. The number of hydrogen-bond acceptors (Lipinski definition) is 8. The zero-order valence-corrected chi connectivity index (χ0v) is 20.4. The molecule has 1 unspecified atom stereocenters. The molecular formula is C25H22ClN5O6. The van der Waals surface area contributed by atoms with Crippen molar-refractivity contribution in [2.24, 2.45) is 0 Å². The Balaban J connectivity index is 1.34. The van der Waals surface area contributed by atoms with E-state index in [9.17, 15) is 19.7 Å². The number of nitro benzene ring substituents is 1. The fourth-order valence-electron chi connectivity index (χ4n) is 5.29. The molecule has 1 aromatic carbocycles. The smallest absolute Gasteiger partial charge is 0.269 e. The first-order valence-corrected chi connectivity index (χ1v) is 12.3. The van der Waals surface area contributed by atoms with E-state index in [1.165, 1.54) is 23.1 Å². The van der Waals surface area contributed by atoms with Gasteiger partial charge < -0.3 is 14.4 Å². The van der Waals surface area contributed by atoms with E-state index in [0.29, 0.717) is 55.9 Å². The number of rotatable bonds is 4. The SMILES string of the molecule is O=C(CC1c2cc([N+](=O)[O-])ccc2C(=O)N1c1ccc2ccc(Cl)nc2n1)N1CCC2(CC1)OCCO2. The summed E-state index contributed by atoms with van der Waals surface area (Å²) in [6.45, 7) is 2.00. The quantitative estimate of drug-likeness (QED) is 0.288. The predicted octanol–water partition coefficient (Wildman–Crippen LogP) is 3.65. The van der Waals surface area contributed by atoms with E-state index in [-0.39, 0.29) is 34.9 Å². The van der Waals surface area contributed by atoms with Gasteiger partial charge in [-0.15, -0.1) is 0 Å². The average molecular weight is 524 g/mol. The minimum absolute atomic E-state index is 0.0582.